The van der Waals surface area contributed by atoms with Crippen LogP contribution in [0.5, 0.6) is 11.5 Å². The Bertz CT molecular complexity index is 2650. The molecular weight excluding hydrogens is 811 g/mol. The van der Waals surface area contributed by atoms with Crippen LogP contribution in [0.3, 0.4) is 0 Å². The van der Waals surface area contributed by atoms with Crippen molar-refractivity contribution in [1.82, 2.24) is 5.32 Å². The summed E-state index contributed by atoms with van der Waals surface area (Å²) in [5.41, 5.74) is 6.76. The summed E-state index contributed by atoms with van der Waals surface area (Å²) >= 11 is 0. The molecular formula is C42H37N7O11S. The average Bonchev–Trinajstić information content (AvgIpc) is 3.22. The first-order valence-electron chi connectivity index (χ1n) is 18.1. The zero-order chi connectivity index (χ0) is 44.4. The molecule has 0 radical (unpaired) electrons. The number of ether oxygens (including phenoxy) is 1. The van der Waals surface area contributed by atoms with Crippen molar-refractivity contribution < 1.29 is 51.6 Å². The third kappa shape index (κ3) is 11.8. The van der Waals surface area contributed by atoms with E-state index >= 15 is 0 Å². The standard InChI is InChI=1S/C42H37N7O11S/c1-23(2)60-37-33(20-19-32(36(37)51)41(55)46-30-15-17-31(18-16-30)61(57,58)59)48-39(53)26-9-13-29(14-10-26)47-42(56)34(21-35(44)50)49-40(54)27-7-11-28(12-8-27)45-38(52)25-5-3-24(22-43)4-6-25/h3-20,23,34,51H,21H2,1-2H3,(H2,44,50)(H,45,52)(H,46,55)(H,47,56)(H,48,53)(H,49,54)(H,57,58,59). The molecule has 19 heteroatoms. The fraction of sp³-hybridized carbons (Fsp3) is 0.119. The van der Waals surface area contributed by atoms with Gasteiger partial charge in [-0.05, 0) is 123 Å². The molecule has 1 atom stereocenters. The first-order chi connectivity index (χ1) is 28.9. The first-order valence-corrected chi connectivity index (χ1v) is 19.5. The molecule has 0 spiro atoms. The van der Waals surface area contributed by atoms with Gasteiger partial charge >= 0.3 is 0 Å². The molecule has 312 valence electrons. The Morgan fingerprint density at radius 2 is 1.15 bits per heavy atom. The van der Waals surface area contributed by atoms with E-state index in [0.29, 0.717) is 16.8 Å². The van der Waals surface area contributed by atoms with Crippen LogP contribution < -0.4 is 37.1 Å². The monoisotopic (exact) mass is 847 g/mol. The van der Waals surface area contributed by atoms with Gasteiger partial charge in [0.25, 0.3) is 33.7 Å². The highest BCUT2D eigenvalue weighted by Gasteiger charge is 2.25. The van der Waals surface area contributed by atoms with Crippen molar-refractivity contribution in [2.24, 2.45) is 5.73 Å². The molecule has 9 N–H and O–H groups in total. The number of amides is 6. The lowest BCUT2D eigenvalue weighted by Crippen LogP contribution is -2.46. The first kappa shape index (κ1) is 44.0. The average molecular weight is 848 g/mol. The molecule has 0 heterocycles. The van der Waals surface area contributed by atoms with Crippen LogP contribution in [0.4, 0.5) is 22.7 Å². The van der Waals surface area contributed by atoms with Gasteiger partial charge in [-0.1, -0.05) is 0 Å². The normalized spacial score (nSPS) is 11.3. The van der Waals surface area contributed by atoms with Gasteiger partial charge in [-0.3, -0.25) is 33.3 Å². The van der Waals surface area contributed by atoms with E-state index in [9.17, 15) is 46.8 Å². The molecule has 5 aromatic carbocycles. The molecule has 0 bridgehead atoms. The molecule has 6 amide bonds. The van der Waals surface area contributed by atoms with Crippen LogP contribution >= 0.6 is 0 Å². The molecule has 0 fully saturated rings. The highest BCUT2D eigenvalue weighted by atomic mass is 32.2. The summed E-state index contributed by atoms with van der Waals surface area (Å²) in [6.07, 6.45) is -1.06. The molecule has 0 aliphatic rings. The Morgan fingerprint density at radius 3 is 1.66 bits per heavy atom. The van der Waals surface area contributed by atoms with Gasteiger partial charge < -0.3 is 42.2 Å². The third-order valence-corrected chi connectivity index (χ3v) is 9.38. The van der Waals surface area contributed by atoms with E-state index in [1.54, 1.807) is 13.8 Å². The van der Waals surface area contributed by atoms with Gasteiger partial charge in [0, 0.05) is 33.8 Å². The van der Waals surface area contributed by atoms with Crippen molar-refractivity contribution in [2.45, 2.75) is 37.3 Å². The minimum atomic E-state index is -4.45. The second-order valence-electron chi connectivity index (χ2n) is 13.4. The van der Waals surface area contributed by atoms with E-state index in [1.165, 1.54) is 97.1 Å². The predicted molar refractivity (Wildman–Crippen MR) is 222 cm³/mol. The Hall–Kier alpha value is -8.08. The third-order valence-electron chi connectivity index (χ3n) is 8.51. The number of carbonyl (C=O) groups is 6. The van der Waals surface area contributed by atoms with Gasteiger partial charge in [-0.25, -0.2) is 0 Å². The van der Waals surface area contributed by atoms with Gasteiger partial charge in [0.2, 0.25) is 11.8 Å². The fourth-order valence-corrected chi connectivity index (χ4v) is 5.98. The van der Waals surface area contributed by atoms with Crippen LogP contribution in [0, 0.1) is 11.3 Å². The highest BCUT2D eigenvalue weighted by molar-refractivity contribution is 7.85. The number of carbonyl (C=O) groups excluding carboxylic acids is 6. The summed E-state index contributed by atoms with van der Waals surface area (Å²) in [5.74, 6) is -5.10. The van der Waals surface area contributed by atoms with Gasteiger partial charge in [0.15, 0.2) is 11.5 Å². The predicted octanol–water partition coefficient (Wildman–Crippen LogP) is 4.67. The van der Waals surface area contributed by atoms with Crippen molar-refractivity contribution >= 4 is 68.3 Å². The number of nitrogens with one attached hydrogen (secondary N) is 5. The lowest BCUT2D eigenvalue weighted by atomic mass is 10.1. The molecule has 61 heavy (non-hydrogen) atoms. The lowest BCUT2D eigenvalue weighted by molar-refractivity contribution is -0.123. The van der Waals surface area contributed by atoms with Crippen LogP contribution in [-0.2, 0) is 19.7 Å². The van der Waals surface area contributed by atoms with Crippen molar-refractivity contribution in [3.63, 3.8) is 0 Å². The zero-order valence-corrected chi connectivity index (χ0v) is 33.1. The van der Waals surface area contributed by atoms with Crippen molar-refractivity contribution in [1.29, 1.82) is 5.26 Å². The number of nitriles is 1. The summed E-state index contributed by atoms with van der Waals surface area (Å²) in [5, 5.41) is 32.8. The smallest absolute Gasteiger partial charge is 0.294 e. The van der Waals surface area contributed by atoms with Crippen LogP contribution in [0.1, 0.15) is 67.3 Å². The number of rotatable bonds is 15. The zero-order valence-electron chi connectivity index (χ0n) is 32.3. The van der Waals surface area contributed by atoms with Gasteiger partial charge in [-0.15, -0.1) is 0 Å². The molecule has 5 rings (SSSR count). The minimum absolute atomic E-state index is 0.00941. The highest BCUT2D eigenvalue weighted by Crippen LogP contribution is 2.39. The van der Waals surface area contributed by atoms with E-state index in [0.717, 1.165) is 12.1 Å². The SMILES string of the molecule is CC(C)Oc1c(NC(=O)c2ccc(NC(=O)C(CC(N)=O)NC(=O)c3ccc(NC(=O)c4ccc(C#N)cc4)cc3)cc2)ccc(C(=O)Nc2ccc(S(=O)(=O)O)cc2)c1O. The molecule has 0 aliphatic heterocycles. The van der Waals surface area contributed by atoms with Crippen molar-refractivity contribution in [3.05, 3.63) is 137 Å². The van der Waals surface area contributed by atoms with Crippen LogP contribution in [0.25, 0.3) is 0 Å². The Labute approximate surface area is 348 Å². The lowest BCUT2D eigenvalue weighted by Gasteiger charge is -2.19. The second-order valence-corrected chi connectivity index (χ2v) is 14.8. The molecule has 0 aromatic heterocycles. The number of primary amides is 1. The maximum atomic E-state index is 13.3. The van der Waals surface area contributed by atoms with Gasteiger partial charge in [-0.2, -0.15) is 13.7 Å². The molecule has 18 nitrogen and oxygen atoms in total. The summed E-state index contributed by atoms with van der Waals surface area (Å²) in [4.78, 5) is 76.7. The summed E-state index contributed by atoms with van der Waals surface area (Å²) in [7, 11) is -4.45. The number of hydrogen-bond donors (Lipinski definition) is 8. The van der Waals surface area contributed by atoms with E-state index in [2.05, 4.69) is 26.6 Å². The van der Waals surface area contributed by atoms with Gasteiger partial charge in [0.1, 0.15) is 6.04 Å². The number of benzene rings is 5. The quantitative estimate of drug-likeness (QED) is 0.0667. The van der Waals surface area contributed by atoms with Crippen LogP contribution in [0.15, 0.2) is 114 Å². The van der Waals surface area contributed by atoms with E-state index in [1.807, 2.05) is 6.07 Å². The van der Waals surface area contributed by atoms with E-state index < -0.39 is 69.9 Å². The molecule has 5 aromatic rings. The number of hydrogen-bond acceptors (Lipinski definition) is 11. The van der Waals surface area contributed by atoms with Crippen molar-refractivity contribution in [2.75, 3.05) is 21.3 Å². The summed E-state index contributed by atoms with van der Waals surface area (Å²) < 4.78 is 37.6. The van der Waals surface area contributed by atoms with Crippen molar-refractivity contribution in [3.8, 4) is 17.6 Å². The largest absolute Gasteiger partial charge is 0.504 e. The van der Waals surface area contributed by atoms with Crippen LogP contribution in [0.2, 0.25) is 0 Å². The Kier molecular flexibility index (Phi) is 13.8. The molecule has 0 saturated carbocycles. The summed E-state index contributed by atoms with van der Waals surface area (Å²) in [6.45, 7) is 3.31. The van der Waals surface area contributed by atoms with E-state index in [-0.39, 0.29) is 44.4 Å². The van der Waals surface area contributed by atoms with Gasteiger partial charge in [0.05, 0.1) is 40.3 Å². The maximum absolute atomic E-state index is 13.3. The Morgan fingerprint density at radius 1 is 0.672 bits per heavy atom. The molecule has 1 unspecified atom stereocenters. The number of nitrogens with two attached hydrogens (primary N) is 1. The molecule has 0 aliphatic carbocycles. The fourth-order valence-electron chi connectivity index (χ4n) is 5.50. The summed E-state index contributed by atoms with van der Waals surface area (Å²) in [6, 6.07) is 25.0. The number of phenols is 1. The number of anilines is 4. The van der Waals surface area contributed by atoms with Crippen LogP contribution in [-0.4, -0.2) is 65.7 Å². The maximum Gasteiger partial charge on any atom is 0.294 e. The molecule has 0 saturated heterocycles. The second kappa shape index (κ2) is 19.1. The number of phenolic OH excluding ortho intramolecular Hbond substituents is 1. The number of aromatic hydroxyl groups is 1. The number of nitrogens with zero attached hydrogens (tertiary/aromatic N) is 1. The minimum Gasteiger partial charge on any atom is -0.504 e. The topological polar surface area (TPSA) is 296 Å². The van der Waals surface area contributed by atoms with E-state index in [4.69, 9.17) is 15.7 Å². The Balaban J connectivity index is 1.21.